The van der Waals surface area contributed by atoms with Gasteiger partial charge in [0, 0.05) is 25.5 Å². The zero-order chi connectivity index (χ0) is 16.7. The van der Waals surface area contributed by atoms with E-state index in [9.17, 15) is 9.59 Å². The topological polar surface area (TPSA) is 89.2 Å². The lowest BCUT2D eigenvalue weighted by atomic mass is 10.0. The Kier molecular flexibility index (Phi) is 5.96. The van der Waals surface area contributed by atoms with Crippen molar-refractivity contribution in [3.63, 3.8) is 0 Å². The Morgan fingerprint density at radius 3 is 2.83 bits per heavy atom. The Morgan fingerprint density at radius 2 is 2.22 bits per heavy atom. The van der Waals surface area contributed by atoms with Gasteiger partial charge in [0.15, 0.2) is 5.76 Å². The minimum absolute atomic E-state index is 0.0254. The Morgan fingerprint density at radius 1 is 1.39 bits per heavy atom. The third kappa shape index (κ3) is 4.98. The predicted molar refractivity (Wildman–Crippen MR) is 84.7 cm³/mol. The van der Waals surface area contributed by atoms with Crippen LogP contribution in [-0.4, -0.2) is 34.0 Å². The molecule has 2 aromatic rings. The molecule has 0 aliphatic rings. The van der Waals surface area contributed by atoms with Crippen LogP contribution in [0.2, 0.25) is 0 Å². The molecule has 0 aliphatic carbocycles. The van der Waals surface area contributed by atoms with E-state index in [1.807, 2.05) is 24.6 Å². The van der Waals surface area contributed by atoms with Crippen molar-refractivity contribution in [3.05, 3.63) is 42.9 Å². The number of hydrogen-bond acceptors (Lipinski definition) is 4. The molecule has 0 spiro atoms. The van der Waals surface area contributed by atoms with Crippen molar-refractivity contribution in [3.8, 4) is 0 Å². The Bertz CT molecular complexity index is 605. The summed E-state index contributed by atoms with van der Waals surface area (Å²) in [6.45, 7) is 5.10. The summed E-state index contributed by atoms with van der Waals surface area (Å²) >= 11 is 0. The predicted octanol–water partition coefficient (Wildman–Crippen LogP) is 1.44. The van der Waals surface area contributed by atoms with Crippen LogP contribution in [0, 0.1) is 5.92 Å². The molecule has 2 heterocycles. The monoisotopic (exact) mass is 318 g/mol. The van der Waals surface area contributed by atoms with Gasteiger partial charge in [0.25, 0.3) is 5.91 Å². The number of nitrogens with zero attached hydrogens (tertiary/aromatic N) is 2. The molecular weight excluding hydrogens is 296 g/mol. The van der Waals surface area contributed by atoms with E-state index in [1.165, 1.54) is 6.26 Å². The highest BCUT2D eigenvalue weighted by molar-refractivity contribution is 5.95. The van der Waals surface area contributed by atoms with Gasteiger partial charge in [-0.05, 0) is 24.5 Å². The molecule has 7 nitrogen and oxygen atoms in total. The van der Waals surface area contributed by atoms with Gasteiger partial charge in [-0.15, -0.1) is 0 Å². The van der Waals surface area contributed by atoms with E-state index in [1.54, 1.807) is 24.7 Å². The summed E-state index contributed by atoms with van der Waals surface area (Å²) in [5.74, 6) is -0.404. The van der Waals surface area contributed by atoms with Crippen LogP contribution >= 0.6 is 0 Å². The molecule has 0 aromatic carbocycles. The average molecular weight is 318 g/mol. The lowest BCUT2D eigenvalue weighted by Crippen LogP contribution is -2.49. The molecule has 0 fully saturated rings. The maximum Gasteiger partial charge on any atom is 0.287 e. The van der Waals surface area contributed by atoms with Crippen molar-refractivity contribution in [2.45, 2.75) is 32.9 Å². The Hall–Kier alpha value is -2.57. The molecule has 0 unspecified atom stereocenters. The second-order valence-corrected chi connectivity index (χ2v) is 5.62. The second kappa shape index (κ2) is 8.17. The van der Waals surface area contributed by atoms with Crippen molar-refractivity contribution >= 4 is 11.8 Å². The van der Waals surface area contributed by atoms with Crippen molar-refractivity contribution in [2.24, 2.45) is 5.92 Å². The summed E-state index contributed by atoms with van der Waals surface area (Å²) in [5.41, 5.74) is 0. The molecule has 0 saturated heterocycles. The molecule has 23 heavy (non-hydrogen) atoms. The highest BCUT2D eigenvalue weighted by atomic mass is 16.3. The molecule has 1 atom stereocenters. The number of furan rings is 1. The minimum atomic E-state index is -0.596. The summed E-state index contributed by atoms with van der Waals surface area (Å²) in [7, 11) is 0. The van der Waals surface area contributed by atoms with Crippen LogP contribution in [0.15, 0.2) is 41.5 Å². The van der Waals surface area contributed by atoms with Gasteiger partial charge in [0.1, 0.15) is 6.04 Å². The summed E-state index contributed by atoms with van der Waals surface area (Å²) < 4.78 is 6.99. The van der Waals surface area contributed by atoms with Gasteiger partial charge in [0.05, 0.1) is 12.6 Å². The molecule has 0 radical (unpaired) electrons. The maximum atomic E-state index is 12.3. The van der Waals surface area contributed by atoms with Gasteiger partial charge < -0.3 is 19.6 Å². The highest BCUT2D eigenvalue weighted by Gasteiger charge is 2.25. The van der Waals surface area contributed by atoms with Crippen molar-refractivity contribution < 1.29 is 14.0 Å². The van der Waals surface area contributed by atoms with E-state index in [2.05, 4.69) is 15.6 Å². The van der Waals surface area contributed by atoms with Crippen LogP contribution in [0.4, 0.5) is 0 Å². The molecule has 2 aromatic heterocycles. The summed E-state index contributed by atoms with van der Waals surface area (Å²) in [6, 6.07) is 2.60. The van der Waals surface area contributed by atoms with E-state index in [-0.39, 0.29) is 23.5 Å². The number of aryl methyl sites for hydroxylation is 1. The molecule has 2 N–H and O–H groups in total. The SMILES string of the molecule is CC(C)[C@H](NC(=O)c1ccco1)C(=O)NCCCn1ccnc1. The van der Waals surface area contributed by atoms with E-state index in [0.717, 1.165) is 13.0 Å². The second-order valence-electron chi connectivity index (χ2n) is 5.62. The van der Waals surface area contributed by atoms with E-state index in [4.69, 9.17) is 4.42 Å². The lowest BCUT2D eigenvalue weighted by Gasteiger charge is -2.21. The van der Waals surface area contributed by atoms with Gasteiger partial charge in [-0.2, -0.15) is 0 Å². The van der Waals surface area contributed by atoms with Crippen LogP contribution in [0.25, 0.3) is 0 Å². The molecule has 0 bridgehead atoms. The first kappa shape index (κ1) is 16.8. The highest BCUT2D eigenvalue weighted by Crippen LogP contribution is 2.06. The van der Waals surface area contributed by atoms with Gasteiger partial charge in [-0.3, -0.25) is 9.59 Å². The van der Waals surface area contributed by atoms with Gasteiger partial charge >= 0.3 is 0 Å². The van der Waals surface area contributed by atoms with E-state index < -0.39 is 6.04 Å². The fourth-order valence-corrected chi connectivity index (χ4v) is 2.16. The normalized spacial score (nSPS) is 12.1. The Balaban J connectivity index is 1.79. The fourth-order valence-electron chi connectivity index (χ4n) is 2.16. The van der Waals surface area contributed by atoms with Gasteiger partial charge in [-0.25, -0.2) is 4.98 Å². The number of amides is 2. The molecule has 0 aliphatic heterocycles. The maximum absolute atomic E-state index is 12.3. The molecular formula is C16H22N4O3. The first-order chi connectivity index (χ1) is 11.1. The third-order valence-electron chi connectivity index (χ3n) is 3.43. The average Bonchev–Trinajstić information content (AvgIpc) is 3.21. The van der Waals surface area contributed by atoms with Crippen LogP contribution < -0.4 is 10.6 Å². The largest absolute Gasteiger partial charge is 0.459 e. The quantitative estimate of drug-likeness (QED) is 0.721. The smallest absolute Gasteiger partial charge is 0.287 e. The summed E-state index contributed by atoms with van der Waals surface area (Å²) in [6.07, 6.45) is 7.55. The lowest BCUT2D eigenvalue weighted by molar-refractivity contribution is -0.123. The zero-order valence-corrected chi connectivity index (χ0v) is 13.4. The van der Waals surface area contributed by atoms with Crippen molar-refractivity contribution in [1.82, 2.24) is 20.2 Å². The number of aromatic nitrogens is 2. The molecule has 7 heteroatoms. The molecule has 2 amide bonds. The first-order valence-electron chi connectivity index (χ1n) is 7.65. The van der Waals surface area contributed by atoms with Crippen molar-refractivity contribution in [1.29, 1.82) is 0 Å². The van der Waals surface area contributed by atoms with Crippen LogP contribution in [0.3, 0.4) is 0 Å². The number of hydrogen-bond donors (Lipinski definition) is 2. The van der Waals surface area contributed by atoms with Gasteiger partial charge in [0.2, 0.25) is 5.91 Å². The van der Waals surface area contributed by atoms with Crippen molar-refractivity contribution in [2.75, 3.05) is 6.54 Å². The fraction of sp³-hybridized carbons (Fsp3) is 0.438. The zero-order valence-electron chi connectivity index (χ0n) is 13.4. The summed E-state index contributed by atoms with van der Waals surface area (Å²) in [4.78, 5) is 28.3. The van der Waals surface area contributed by atoms with E-state index >= 15 is 0 Å². The standard InChI is InChI=1S/C16H22N4O3/c1-12(2)14(19-15(21)13-5-3-10-23-13)16(22)18-6-4-8-20-9-7-17-11-20/h3,5,7,9-12,14H,4,6,8H2,1-2H3,(H,18,22)(H,19,21)/t14-/m0/s1. The first-order valence-corrected chi connectivity index (χ1v) is 7.65. The number of nitrogens with one attached hydrogen (secondary N) is 2. The number of carbonyl (C=O) groups is 2. The van der Waals surface area contributed by atoms with Crippen LogP contribution in [0.5, 0.6) is 0 Å². The number of rotatable bonds is 8. The molecule has 2 rings (SSSR count). The van der Waals surface area contributed by atoms with Crippen LogP contribution in [0.1, 0.15) is 30.8 Å². The molecule has 0 saturated carbocycles. The number of imidazole rings is 1. The van der Waals surface area contributed by atoms with E-state index in [0.29, 0.717) is 6.54 Å². The number of carbonyl (C=O) groups excluding carboxylic acids is 2. The summed E-state index contributed by atoms with van der Waals surface area (Å²) in [5, 5.41) is 5.57. The molecule has 124 valence electrons. The van der Waals surface area contributed by atoms with Crippen LogP contribution in [-0.2, 0) is 11.3 Å². The Labute approximate surface area is 135 Å². The third-order valence-corrected chi connectivity index (χ3v) is 3.43. The van der Waals surface area contributed by atoms with Gasteiger partial charge in [-0.1, -0.05) is 13.8 Å². The minimum Gasteiger partial charge on any atom is -0.459 e.